The van der Waals surface area contributed by atoms with Crippen molar-refractivity contribution in [1.82, 2.24) is 4.98 Å². The van der Waals surface area contributed by atoms with Crippen molar-refractivity contribution in [3.05, 3.63) is 35.4 Å². The summed E-state index contributed by atoms with van der Waals surface area (Å²) >= 11 is 0. The second-order valence-corrected chi connectivity index (χ2v) is 5.73. The summed E-state index contributed by atoms with van der Waals surface area (Å²) in [5, 5.41) is 0.393. The zero-order valence-electron chi connectivity index (χ0n) is 10.9. The van der Waals surface area contributed by atoms with E-state index in [1.807, 2.05) is 6.07 Å². The van der Waals surface area contributed by atoms with E-state index in [-0.39, 0.29) is 0 Å². The van der Waals surface area contributed by atoms with Gasteiger partial charge in [0.2, 0.25) is 0 Å². The highest BCUT2D eigenvalue weighted by Crippen LogP contribution is 2.57. The van der Waals surface area contributed by atoms with Crippen LogP contribution >= 0.6 is 7.60 Å². The molecule has 0 aliphatic heterocycles. The fourth-order valence-corrected chi connectivity index (χ4v) is 2.98. The van der Waals surface area contributed by atoms with Crippen LogP contribution in [0, 0.1) is 0 Å². The third-order valence-corrected chi connectivity index (χ3v) is 4.60. The number of aromatic nitrogens is 1. The van der Waals surface area contributed by atoms with Crippen molar-refractivity contribution in [2.75, 3.05) is 13.2 Å². The second-order valence-electron chi connectivity index (χ2n) is 3.55. The Balaban J connectivity index is 3.15. The summed E-state index contributed by atoms with van der Waals surface area (Å²) in [6, 6.07) is 5.35. The SMILES string of the molecule is CCOP(=O)(OCC)/C(C)=C(\N)c1ccccn1. The van der Waals surface area contributed by atoms with Crippen LogP contribution in [-0.2, 0) is 13.6 Å². The molecule has 0 saturated heterocycles. The maximum atomic E-state index is 12.5. The molecular formula is C12H19N2O3P. The van der Waals surface area contributed by atoms with Crippen LogP contribution in [0.4, 0.5) is 0 Å². The largest absolute Gasteiger partial charge is 0.397 e. The number of nitrogens with two attached hydrogens (primary N) is 1. The highest BCUT2D eigenvalue weighted by atomic mass is 31.2. The molecule has 2 N–H and O–H groups in total. The standard InChI is InChI=1S/C12H19N2O3P/c1-4-16-18(15,17-5-2)10(3)12(13)11-8-6-7-9-14-11/h6-9H,4-5,13H2,1-3H3/b12-10-. The molecule has 0 bridgehead atoms. The van der Waals surface area contributed by atoms with E-state index in [9.17, 15) is 4.57 Å². The first-order valence-electron chi connectivity index (χ1n) is 5.82. The third-order valence-electron chi connectivity index (χ3n) is 2.34. The minimum atomic E-state index is -3.32. The number of nitrogens with zero attached hydrogens (tertiary/aromatic N) is 1. The molecule has 1 rings (SSSR count). The summed E-state index contributed by atoms with van der Waals surface area (Å²) in [4.78, 5) is 4.12. The fourth-order valence-electron chi connectivity index (χ4n) is 1.43. The van der Waals surface area contributed by atoms with E-state index in [4.69, 9.17) is 14.8 Å². The van der Waals surface area contributed by atoms with Gasteiger partial charge in [-0.2, -0.15) is 0 Å². The number of hydrogen-bond donors (Lipinski definition) is 1. The maximum Gasteiger partial charge on any atom is 0.359 e. The van der Waals surface area contributed by atoms with E-state index in [0.717, 1.165) is 0 Å². The number of rotatable bonds is 6. The van der Waals surface area contributed by atoms with E-state index in [1.54, 1.807) is 39.1 Å². The van der Waals surface area contributed by atoms with Crippen molar-refractivity contribution in [3.63, 3.8) is 0 Å². The van der Waals surface area contributed by atoms with Crippen LogP contribution in [0.1, 0.15) is 26.5 Å². The van der Waals surface area contributed by atoms with Crippen molar-refractivity contribution in [3.8, 4) is 0 Å². The van der Waals surface area contributed by atoms with Crippen LogP contribution in [0.5, 0.6) is 0 Å². The molecular weight excluding hydrogens is 251 g/mol. The molecule has 0 radical (unpaired) electrons. The summed E-state index contributed by atoms with van der Waals surface area (Å²) in [5.41, 5.74) is 6.87. The molecule has 0 aromatic carbocycles. The lowest BCUT2D eigenvalue weighted by Gasteiger charge is -2.19. The second kappa shape index (κ2) is 6.69. The first-order valence-corrected chi connectivity index (χ1v) is 7.36. The summed E-state index contributed by atoms with van der Waals surface area (Å²) in [6.45, 7) is 5.76. The minimum Gasteiger partial charge on any atom is -0.397 e. The van der Waals surface area contributed by atoms with Crippen LogP contribution in [0.2, 0.25) is 0 Å². The number of allylic oxidation sites excluding steroid dienone is 1. The molecule has 6 heteroatoms. The lowest BCUT2D eigenvalue weighted by Crippen LogP contribution is -2.05. The van der Waals surface area contributed by atoms with Gasteiger partial charge in [0.25, 0.3) is 0 Å². The van der Waals surface area contributed by atoms with Gasteiger partial charge in [-0.25, -0.2) is 0 Å². The van der Waals surface area contributed by atoms with Gasteiger partial charge in [0.1, 0.15) is 0 Å². The molecule has 0 atom stereocenters. The first-order chi connectivity index (χ1) is 8.55. The summed E-state index contributed by atoms with van der Waals surface area (Å²) in [6.07, 6.45) is 1.63. The molecule has 0 aliphatic carbocycles. The van der Waals surface area contributed by atoms with E-state index in [2.05, 4.69) is 4.98 Å². The van der Waals surface area contributed by atoms with Gasteiger partial charge in [-0.1, -0.05) is 6.07 Å². The van der Waals surface area contributed by atoms with Gasteiger partial charge in [-0.05, 0) is 32.9 Å². The molecule has 0 spiro atoms. The van der Waals surface area contributed by atoms with Crippen LogP contribution in [0.3, 0.4) is 0 Å². The van der Waals surface area contributed by atoms with E-state index < -0.39 is 7.60 Å². The van der Waals surface area contributed by atoms with Gasteiger partial charge in [0.15, 0.2) is 0 Å². The molecule has 0 aliphatic rings. The summed E-state index contributed by atoms with van der Waals surface area (Å²) < 4.78 is 23.0. The van der Waals surface area contributed by atoms with Gasteiger partial charge in [-0.3, -0.25) is 9.55 Å². The zero-order chi connectivity index (χ0) is 13.6. The third kappa shape index (κ3) is 3.42. The van der Waals surface area contributed by atoms with Gasteiger partial charge < -0.3 is 14.8 Å². The van der Waals surface area contributed by atoms with Crippen molar-refractivity contribution in [1.29, 1.82) is 0 Å². The average Bonchev–Trinajstić information content (AvgIpc) is 2.38. The van der Waals surface area contributed by atoms with Crippen molar-refractivity contribution < 1.29 is 13.6 Å². The minimum absolute atomic E-state index is 0.296. The monoisotopic (exact) mass is 270 g/mol. The molecule has 5 nitrogen and oxygen atoms in total. The van der Waals surface area contributed by atoms with E-state index in [0.29, 0.717) is 29.9 Å². The molecule has 0 fully saturated rings. The molecule has 18 heavy (non-hydrogen) atoms. The molecule has 1 heterocycles. The van der Waals surface area contributed by atoms with E-state index in [1.165, 1.54) is 0 Å². The van der Waals surface area contributed by atoms with Gasteiger partial charge in [0.05, 0.1) is 29.9 Å². The quantitative estimate of drug-likeness (QED) is 0.804. The Kier molecular flexibility index (Phi) is 5.54. The lowest BCUT2D eigenvalue weighted by molar-refractivity contribution is 0.226. The predicted octanol–water partition coefficient (Wildman–Crippen LogP) is 2.99. The fraction of sp³-hybridized carbons (Fsp3) is 0.417. The number of hydrogen-bond acceptors (Lipinski definition) is 5. The van der Waals surface area contributed by atoms with Gasteiger partial charge >= 0.3 is 7.60 Å². The molecule has 1 aromatic rings. The van der Waals surface area contributed by atoms with Crippen LogP contribution in [0.15, 0.2) is 29.7 Å². The van der Waals surface area contributed by atoms with Crippen molar-refractivity contribution >= 4 is 13.3 Å². The van der Waals surface area contributed by atoms with Gasteiger partial charge in [-0.15, -0.1) is 0 Å². The smallest absolute Gasteiger partial charge is 0.359 e. The van der Waals surface area contributed by atoms with Crippen molar-refractivity contribution in [2.24, 2.45) is 5.73 Å². The average molecular weight is 270 g/mol. The molecule has 0 amide bonds. The van der Waals surface area contributed by atoms with Crippen molar-refractivity contribution in [2.45, 2.75) is 20.8 Å². The Morgan fingerprint density at radius 3 is 2.39 bits per heavy atom. The lowest BCUT2D eigenvalue weighted by atomic mass is 10.3. The van der Waals surface area contributed by atoms with Crippen LogP contribution in [0.25, 0.3) is 5.70 Å². The predicted molar refractivity (Wildman–Crippen MR) is 71.9 cm³/mol. The zero-order valence-corrected chi connectivity index (χ0v) is 11.8. The normalized spacial score (nSPS) is 13.3. The highest BCUT2D eigenvalue weighted by molar-refractivity contribution is 7.58. The molecule has 0 saturated carbocycles. The van der Waals surface area contributed by atoms with E-state index >= 15 is 0 Å². The molecule has 100 valence electrons. The summed E-state index contributed by atoms with van der Waals surface area (Å²) in [5.74, 6) is 0. The Bertz CT molecular complexity index is 450. The summed E-state index contributed by atoms with van der Waals surface area (Å²) in [7, 11) is -3.32. The highest BCUT2D eigenvalue weighted by Gasteiger charge is 2.29. The van der Waals surface area contributed by atoms with Gasteiger partial charge in [0, 0.05) is 6.20 Å². The first kappa shape index (κ1) is 14.9. The molecule has 1 aromatic heterocycles. The molecule has 0 unspecified atom stereocenters. The van der Waals surface area contributed by atoms with Crippen LogP contribution < -0.4 is 5.73 Å². The Morgan fingerprint density at radius 1 is 1.33 bits per heavy atom. The Labute approximate surface area is 108 Å². The van der Waals surface area contributed by atoms with Crippen LogP contribution in [-0.4, -0.2) is 18.2 Å². The Morgan fingerprint density at radius 2 is 1.94 bits per heavy atom. The Hall–Kier alpha value is -1.16. The number of pyridine rings is 1. The topological polar surface area (TPSA) is 74.4 Å². The maximum absolute atomic E-state index is 12.5.